The number of carbonyl (C=O) groups excluding carboxylic acids is 1. The molecule has 1 saturated carbocycles. The van der Waals surface area contributed by atoms with Gasteiger partial charge < -0.3 is 14.2 Å². The Balaban J connectivity index is 2.35. The summed E-state index contributed by atoms with van der Waals surface area (Å²) in [5.41, 5.74) is 0.338. The molecule has 4 nitrogen and oxygen atoms in total. The van der Waals surface area contributed by atoms with Gasteiger partial charge in [-0.05, 0) is 46.5 Å². The van der Waals surface area contributed by atoms with Crippen LogP contribution in [0.4, 0.5) is 0 Å². The van der Waals surface area contributed by atoms with Crippen molar-refractivity contribution in [3.63, 3.8) is 0 Å². The van der Waals surface area contributed by atoms with E-state index in [1.54, 1.807) is 14.2 Å². The van der Waals surface area contributed by atoms with Crippen LogP contribution in [-0.4, -0.2) is 33.4 Å². The summed E-state index contributed by atoms with van der Waals surface area (Å²) in [4.78, 5) is 12.1. The molecule has 1 aliphatic rings. The lowest BCUT2D eigenvalue weighted by Gasteiger charge is -2.44. The predicted molar refractivity (Wildman–Crippen MR) is 74.4 cm³/mol. The molecule has 0 N–H and O–H groups in total. The summed E-state index contributed by atoms with van der Waals surface area (Å²) >= 11 is 3.45. The second-order valence-corrected chi connectivity index (χ2v) is 5.54. The van der Waals surface area contributed by atoms with Crippen molar-refractivity contribution in [3.05, 3.63) is 28.2 Å². The number of hydrogen-bond donors (Lipinski definition) is 0. The molecule has 0 aromatic heterocycles. The Labute approximate surface area is 121 Å². The molecule has 0 aliphatic heterocycles. The zero-order valence-electron chi connectivity index (χ0n) is 11.2. The van der Waals surface area contributed by atoms with Crippen LogP contribution < -0.4 is 4.74 Å². The summed E-state index contributed by atoms with van der Waals surface area (Å²) in [5, 5.41) is 0. The van der Waals surface area contributed by atoms with Gasteiger partial charge in [-0.1, -0.05) is 6.07 Å². The molecule has 0 saturated heterocycles. The second kappa shape index (κ2) is 5.51. The number of benzene rings is 1. The highest BCUT2D eigenvalue weighted by molar-refractivity contribution is 9.10. The van der Waals surface area contributed by atoms with E-state index >= 15 is 0 Å². The molecular weight excluding hydrogens is 312 g/mol. The maximum absolute atomic E-state index is 12.1. The molecule has 1 aromatic carbocycles. The minimum absolute atomic E-state index is 0.111. The van der Waals surface area contributed by atoms with Crippen molar-refractivity contribution in [3.8, 4) is 5.75 Å². The first-order chi connectivity index (χ1) is 9.07. The largest absolute Gasteiger partial charge is 0.496 e. The predicted octanol–water partition coefficient (Wildman–Crippen LogP) is 2.68. The number of ether oxygens (including phenoxy) is 3. The normalized spacial score (nSPS) is 25.6. The third-order valence-corrected chi connectivity index (χ3v) is 4.39. The number of halogens is 1. The molecule has 0 radical (unpaired) electrons. The summed E-state index contributed by atoms with van der Waals surface area (Å²) in [7, 11) is 4.69. The van der Waals surface area contributed by atoms with Crippen LogP contribution in [0.1, 0.15) is 18.4 Å². The zero-order valence-corrected chi connectivity index (χ0v) is 12.8. The number of carbonyl (C=O) groups is 1. The SMILES string of the molecule is COC(=O)C1(c2ccc(OC)c(Br)c2)CC(OC)C1. The molecule has 0 atom stereocenters. The minimum atomic E-state index is -0.593. The molecule has 0 amide bonds. The first-order valence-electron chi connectivity index (χ1n) is 6.02. The standard InChI is InChI=1S/C14H17BrO4/c1-17-10-7-14(8-10,13(16)19-3)9-4-5-12(18-2)11(15)6-9/h4-6,10H,7-8H2,1-3H3. The van der Waals surface area contributed by atoms with Crippen LogP contribution in [0, 0.1) is 0 Å². The van der Waals surface area contributed by atoms with Gasteiger partial charge in [0.25, 0.3) is 0 Å². The summed E-state index contributed by atoms with van der Waals surface area (Å²) in [6, 6.07) is 5.68. The Morgan fingerprint density at radius 2 is 2.00 bits per heavy atom. The summed E-state index contributed by atoms with van der Waals surface area (Å²) in [5.74, 6) is 0.532. The lowest BCUT2D eigenvalue weighted by atomic mass is 9.62. The van der Waals surface area contributed by atoms with E-state index < -0.39 is 5.41 Å². The lowest BCUT2D eigenvalue weighted by molar-refractivity contribution is -0.158. The number of methoxy groups -OCH3 is 3. The van der Waals surface area contributed by atoms with Crippen molar-refractivity contribution < 1.29 is 19.0 Å². The van der Waals surface area contributed by atoms with E-state index in [2.05, 4.69) is 15.9 Å². The first kappa shape index (κ1) is 14.3. The fraction of sp³-hybridized carbons (Fsp3) is 0.500. The Morgan fingerprint density at radius 3 is 2.47 bits per heavy atom. The van der Waals surface area contributed by atoms with Gasteiger partial charge >= 0.3 is 5.97 Å². The highest BCUT2D eigenvalue weighted by Crippen LogP contribution is 2.47. The zero-order chi connectivity index (χ0) is 14.0. The van der Waals surface area contributed by atoms with E-state index in [1.165, 1.54) is 7.11 Å². The lowest BCUT2D eigenvalue weighted by Crippen LogP contribution is -2.51. The van der Waals surface area contributed by atoms with E-state index in [0.717, 1.165) is 15.8 Å². The highest BCUT2D eigenvalue weighted by atomic mass is 79.9. The molecule has 1 fully saturated rings. The molecule has 2 rings (SSSR count). The Kier molecular flexibility index (Phi) is 4.16. The van der Waals surface area contributed by atoms with Crippen molar-refractivity contribution in [2.45, 2.75) is 24.4 Å². The third-order valence-electron chi connectivity index (χ3n) is 3.77. The fourth-order valence-electron chi connectivity index (χ4n) is 2.56. The second-order valence-electron chi connectivity index (χ2n) is 4.69. The van der Waals surface area contributed by atoms with Crippen molar-refractivity contribution in [2.24, 2.45) is 0 Å². The van der Waals surface area contributed by atoms with Crippen LogP contribution in [0.3, 0.4) is 0 Å². The Morgan fingerprint density at radius 1 is 1.32 bits per heavy atom. The maximum Gasteiger partial charge on any atom is 0.316 e. The molecule has 0 unspecified atom stereocenters. The topological polar surface area (TPSA) is 44.8 Å². The Bertz CT molecular complexity index is 480. The average molecular weight is 329 g/mol. The van der Waals surface area contributed by atoms with Crippen LogP contribution in [0.2, 0.25) is 0 Å². The third kappa shape index (κ3) is 2.37. The van der Waals surface area contributed by atoms with Gasteiger partial charge in [-0.2, -0.15) is 0 Å². The molecule has 1 aliphatic carbocycles. The van der Waals surface area contributed by atoms with Crippen molar-refractivity contribution in [1.82, 2.24) is 0 Å². The van der Waals surface area contributed by atoms with Gasteiger partial charge in [0.2, 0.25) is 0 Å². The molecule has 19 heavy (non-hydrogen) atoms. The van der Waals surface area contributed by atoms with Crippen LogP contribution in [0.5, 0.6) is 5.75 Å². The molecule has 0 heterocycles. The van der Waals surface area contributed by atoms with Crippen LogP contribution in [0.25, 0.3) is 0 Å². The van der Waals surface area contributed by atoms with E-state index in [9.17, 15) is 4.79 Å². The van der Waals surface area contributed by atoms with E-state index in [0.29, 0.717) is 12.8 Å². The number of esters is 1. The fourth-order valence-corrected chi connectivity index (χ4v) is 3.10. The first-order valence-corrected chi connectivity index (χ1v) is 6.82. The van der Waals surface area contributed by atoms with E-state index in [-0.39, 0.29) is 12.1 Å². The summed E-state index contributed by atoms with van der Waals surface area (Å²) < 4.78 is 16.3. The van der Waals surface area contributed by atoms with Gasteiger partial charge in [-0.15, -0.1) is 0 Å². The van der Waals surface area contributed by atoms with Crippen molar-refractivity contribution in [1.29, 1.82) is 0 Å². The molecule has 5 heteroatoms. The number of hydrogen-bond acceptors (Lipinski definition) is 4. The molecule has 0 bridgehead atoms. The molecule has 104 valence electrons. The number of rotatable bonds is 4. The summed E-state index contributed by atoms with van der Waals surface area (Å²) in [6.45, 7) is 0. The minimum Gasteiger partial charge on any atom is -0.496 e. The molecule has 1 aromatic rings. The van der Waals surface area contributed by atoms with Gasteiger partial charge in [-0.3, -0.25) is 4.79 Å². The van der Waals surface area contributed by atoms with Gasteiger partial charge in [0, 0.05) is 7.11 Å². The van der Waals surface area contributed by atoms with Crippen LogP contribution in [0.15, 0.2) is 22.7 Å². The highest BCUT2D eigenvalue weighted by Gasteiger charge is 2.52. The van der Waals surface area contributed by atoms with Crippen LogP contribution in [-0.2, 0) is 19.7 Å². The Hall–Kier alpha value is -1.07. The average Bonchev–Trinajstić information content (AvgIpc) is 2.37. The van der Waals surface area contributed by atoms with Crippen molar-refractivity contribution in [2.75, 3.05) is 21.3 Å². The summed E-state index contributed by atoms with van der Waals surface area (Å²) in [6.07, 6.45) is 1.41. The van der Waals surface area contributed by atoms with E-state index in [1.807, 2.05) is 18.2 Å². The molecular formula is C14H17BrO4. The molecule has 0 spiro atoms. The van der Waals surface area contributed by atoms with Crippen LogP contribution >= 0.6 is 15.9 Å². The van der Waals surface area contributed by atoms with Crippen molar-refractivity contribution >= 4 is 21.9 Å². The van der Waals surface area contributed by atoms with Gasteiger partial charge in [0.15, 0.2) is 0 Å². The van der Waals surface area contributed by atoms with Gasteiger partial charge in [0.1, 0.15) is 5.75 Å². The van der Waals surface area contributed by atoms with E-state index in [4.69, 9.17) is 14.2 Å². The smallest absolute Gasteiger partial charge is 0.316 e. The van der Waals surface area contributed by atoms with Gasteiger partial charge in [-0.25, -0.2) is 0 Å². The maximum atomic E-state index is 12.1. The van der Waals surface area contributed by atoms with Gasteiger partial charge in [0.05, 0.1) is 30.2 Å². The quantitative estimate of drug-likeness (QED) is 0.797. The monoisotopic (exact) mass is 328 g/mol.